The normalized spacial score (nSPS) is 16.5. The van der Waals surface area contributed by atoms with E-state index in [2.05, 4.69) is 43.1 Å². The Bertz CT molecular complexity index is 952. The van der Waals surface area contributed by atoms with Crippen LogP contribution in [-0.2, 0) is 4.79 Å². The van der Waals surface area contributed by atoms with Crippen molar-refractivity contribution in [1.82, 2.24) is 30.4 Å². The van der Waals surface area contributed by atoms with E-state index >= 15 is 0 Å². The van der Waals surface area contributed by atoms with Gasteiger partial charge in [-0.15, -0.1) is 21.5 Å². The Morgan fingerprint density at radius 1 is 1.23 bits per heavy atom. The molecule has 7 nitrogen and oxygen atoms in total. The van der Waals surface area contributed by atoms with Crippen molar-refractivity contribution < 1.29 is 4.79 Å². The standard InChI is InChI=1S/C21H25ClN6OS/c1-2-17(28-25-20(24-26-28)15-7-9-16(22)10-8-15)21(29)23-14-18(19-6-5-13-30-19)27-11-3-4-12-27/h5-10,13,17-18H,2-4,11-12,14H2,1H3,(H,23,29)/t17-,18-/m0/s1. The summed E-state index contributed by atoms with van der Waals surface area (Å²) in [5.41, 5.74) is 0.813. The van der Waals surface area contributed by atoms with E-state index in [9.17, 15) is 4.79 Å². The fourth-order valence-corrected chi connectivity index (χ4v) is 4.77. The molecule has 4 rings (SSSR count). The number of nitrogens with zero attached hydrogens (tertiary/aromatic N) is 5. The summed E-state index contributed by atoms with van der Waals surface area (Å²) in [6, 6.07) is 11.2. The SMILES string of the molecule is CC[C@@H](C(=O)NC[C@@H](c1cccs1)N1CCCC1)n1nnc(-c2ccc(Cl)cc2)n1. The molecule has 0 saturated carbocycles. The molecule has 1 fully saturated rings. The van der Waals surface area contributed by atoms with Gasteiger partial charge in [0.2, 0.25) is 11.7 Å². The van der Waals surface area contributed by atoms with E-state index in [0.717, 1.165) is 18.7 Å². The first-order chi connectivity index (χ1) is 14.7. The van der Waals surface area contributed by atoms with Crippen LogP contribution in [0.1, 0.15) is 43.1 Å². The second-order valence-electron chi connectivity index (χ2n) is 7.38. The van der Waals surface area contributed by atoms with Crippen molar-refractivity contribution in [2.24, 2.45) is 0 Å². The van der Waals surface area contributed by atoms with Gasteiger partial charge >= 0.3 is 0 Å². The topological polar surface area (TPSA) is 75.9 Å². The highest BCUT2D eigenvalue weighted by Gasteiger charge is 2.27. The van der Waals surface area contributed by atoms with Gasteiger partial charge in [-0.3, -0.25) is 9.69 Å². The number of nitrogens with one attached hydrogen (secondary N) is 1. The number of likely N-dealkylation sites (tertiary alicyclic amines) is 1. The number of aromatic nitrogens is 4. The Labute approximate surface area is 185 Å². The van der Waals surface area contributed by atoms with E-state index in [-0.39, 0.29) is 11.9 Å². The van der Waals surface area contributed by atoms with Crippen LogP contribution in [0.2, 0.25) is 5.02 Å². The van der Waals surface area contributed by atoms with Crippen LogP contribution in [0.4, 0.5) is 0 Å². The summed E-state index contributed by atoms with van der Waals surface area (Å²) in [7, 11) is 0. The molecule has 1 amide bonds. The second-order valence-corrected chi connectivity index (χ2v) is 8.80. The van der Waals surface area contributed by atoms with E-state index < -0.39 is 6.04 Å². The maximum atomic E-state index is 13.0. The van der Waals surface area contributed by atoms with Gasteiger partial charge in [0.25, 0.3) is 0 Å². The van der Waals surface area contributed by atoms with Crippen molar-refractivity contribution >= 4 is 28.8 Å². The third kappa shape index (κ3) is 4.71. The van der Waals surface area contributed by atoms with E-state index in [0.29, 0.717) is 23.8 Å². The van der Waals surface area contributed by atoms with Crippen molar-refractivity contribution in [1.29, 1.82) is 0 Å². The molecule has 30 heavy (non-hydrogen) atoms. The number of tetrazole rings is 1. The molecule has 0 spiro atoms. The molecule has 1 N–H and O–H groups in total. The maximum absolute atomic E-state index is 13.0. The fraction of sp³-hybridized carbons (Fsp3) is 0.429. The van der Waals surface area contributed by atoms with Gasteiger partial charge in [-0.1, -0.05) is 24.6 Å². The number of hydrogen-bond acceptors (Lipinski definition) is 6. The van der Waals surface area contributed by atoms with Crippen LogP contribution < -0.4 is 5.32 Å². The molecule has 2 aromatic heterocycles. The minimum Gasteiger partial charge on any atom is -0.352 e. The summed E-state index contributed by atoms with van der Waals surface area (Å²) in [6.45, 7) is 4.68. The van der Waals surface area contributed by atoms with Crippen LogP contribution in [0.3, 0.4) is 0 Å². The monoisotopic (exact) mass is 444 g/mol. The molecular formula is C21H25ClN6OS. The first-order valence-corrected chi connectivity index (χ1v) is 11.5. The second kappa shape index (κ2) is 9.68. The predicted octanol–water partition coefficient (Wildman–Crippen LogP) is 3.96. The van der Waals surface area contributed by atoms with Gasteiger partial charge in [0.15, 0.2) is 6.04 Å². The van der Waals surface area contributed by atoms with Crippen molar-refractivity contribution in [3.05, 3.63) is 51.7 Å². The smallest absolute Gasteiger partial charge is 0.246 e. The summed E-state index contributed by atoms with van der Waals surface area (Å²) < 4.78 is 0. The minimum atomic E-state index is -0.499. The summed E-state index contributed by atoms with van der Waals surface area (Å²) in [5.74, 6) is 0.393. The Morgan fingerprint density at radius 2 is 2.00 bits per heavy atom. The third-order valence-electron chi connectivity index (χ3n) is 5.42. The zero-order chi connectivity index (χ0) is 20.9. The van der Waals surface area contributed by atoms with Crippen molar-refractivity contribution in [3.63, 3.8) is 0 Å². The molecule has 1 aliphatic heterocycles. The predicted molar refractivity (Wildman–Crippen MR) is 118 cm³/mol. The number of carbonyl (C=O) groups is 1. The summed E-state index contributed by atoms with van der Waals surface area (Å²) >= 11 is 7.69. The molecule has 0 radical (unpaired) electrons. The number of halogens is 1. The van der Waals surface area contributed by atoms with Crippen LogP contribution in [0, 0.1) is 0 Å². The van der Waals surface area contributed by atoms with Gasteiger partial charge in [-0.2, -0.15) is 4.80 Å². The molecule has 1 saturated heterocycles. The van der Waals surface area contributed by atoms with Crippen molar-refractivity contribution in [2.45, 2.75) is 38.3 Å². The lowest BCUT2D eigenvalue weighted by molar-refractivity contribution is -0.125. The summed E-state index contributed by atoms with van der Waals surface area (Å²) in [4.78, 5) is 18.1. The first-order valence-electron chi connectivity index (χ1n) is 10.3. The molecule has 158 valence electrons. The molecular weight excluding hydrogens is 420 g/mol. The molecule has 0 unspecified atom stereocenters. The zero-order valence-electron chi connectivity index (χ0n) is 16.9. The molecule has 2 atom stereocenters. The third-order valence-corrected chi connectivity index (χ3v) is 6.65. The lowest BCUT2D eigenvalue weighted by Gasteiger charge is -2.27. The van der Waals surface area contributed by atoms with Crippen LogP contribution in [0.25, 0.3) is 11.4 Å². The maximum Gasteiger partial charge on any atom is 0.246 e. The molecule has 3 heterocycles. The molecule has 1 aliphatic rings. The number of carbonyl (C=O) groups excluding carboxylic acids is 1. The molecule has 0 bridgehead atoms. The minimum absolute atomic E-state index is 0.0849. The Kier molecular flexibility index (Phi) is 6.76. The lowest BCUT2D eigenvalue weighted by atomic mass is 10.2. The van der Waals surface area contributed by atoms with E-state index in [1.807, 2.05) is 19.1 Å². The lowest BCUT2D eigenvalue weighted by Crippen LogP contribution is -2.40. The van der Waals surface area contributed by atoms with E-state index in [1.165, 1.54) is 22.5 Å². The largest absolute Gasteiger partial charge is 0.352 e. The van der Waals surface area contributed by atoms with Gasteiger partial charge in [0.1, 0.15) is 0 Å². The first kappa shape index (κ1) is 21.0. The van der Waals surface area contributed by atoms with Gasteiger partial charge in [-0.05, 0) is 73.3 Å². The highest BCUT2D eigenvalue weighted by atomic mass is 35.5. The average Bonchev–Trinajstić information content (AvgIpc) is 3.53. The van der Waals surface area contributed by atoms with Crippen molar-refractivity contribution in [3.8, 4) is 11.4 Å². The highest BCUT2D eigenvalue weighted by Crippen LogP contribution is 2.28. The van der Waals surface area contributed by atoms with Gasteiger partial charge in [0, 0.05) is 22.0 Å². The van der Waals surface area contributed by atoms with Crippen LogP contribution in [0.5, 0.6) is 0 Å². The van der Waals surface area contributed by atoms with Crippen LogP contribution in [0.15, 0.2) is 41.8 Å². The van der Waals surface area contributed by atoms with Gasteiger partial charge in [-0.25, -0.2) is 0 Å². The van der Waals surface area contributed by atoms with Crippen LogP contribution in [-0.4, -0.2) is 50.6 Å². The molecule has 1 aromatic carbocycles. The molecule has 9 heteroatoms. The van der Waals surface area contributed by atoms with Crippen LogP contribution >= 0.6 is 22.9 Å². The summed E-state index contributed by atoms with van der Waals surface area (Å²) in [5, 5.41) is 18.6. The number of benzene rings is 1. The average molecular weight is 445 g/mol. The van der Waals surface area contributed by atoms with Crippen molar-refractivity contribution in [2.75, 3.05) is 19.6 Å². The number of rotatable bonds is 8. The van der Waals surface area contributed by atoms with Gasteiger partial charge in [0.05, 0.1) is 6.04 Å². The molecule has 3 aromatic rings. The Morgan fingerprint density at radius 3 is 2.67 bits per heavy atom. The molecule has 0 aliphatic carbocycles. The zero-order valence-corrected chi connectivity index (χ0v) is 18.4. The quantitative estimate of drug-likeness (QED) is 0.569. The number of thiophene rings is 1. The van der Waals surface area contributed by atoms with E-state index in [4.69, 9.17) is 11.6 Å². The number of hydrogen-bond donors (Lipinski definition) is 1. The Balaban J connectivity index is 1.44. The number of amides is 1. The fourth-order valence-electron chi connectivity index (χ4n) is 3.78. The Hall–Kier alpha value is -2.29. The van der Waals surface area contributed by atoms with Gasteiger partial charge < -0.3 is 5.32 Å². The van der Waals surface area contributed by atoms with E-state index in [1.54, 1.807) is 23.5 Å². The highest BCUT2D eigenvalue weighted by molar-refractivity contribution is 7.10. The summed E-state index contributed by atoms with van der Waals surface area (Å²) in [6.07, 6.45) is 3.00.